The van der Waals surface area contributed by atoms with Gasteiger partial charge in [0.2, 0.25) is 0 Å². The highest BCUT2D eigenvalue weighted by atomic mass is 19.3. The van der Waals surface area contributed by atoms with Crippen molar-refractivity contribution in [3.05, 3.63) is 65.2 Å². The van der Waals surface area contributed by atoms with Crippen LogP contribution in [0.25, 0.3) is 0 Å². The molecule has 1 saturated heterocycles. The molecule has 2 aromatic rings. The molecule has 1 heterocycles. The van der Waals surface area contributed by atoms with Crippen molar-refractivity contribution in [2.24, 2.45) is 0 Å². The topological polar surface area (TPSA) is 39.5 Å². The Bertz CT molecular complexity index is 733. The van der Waals surface area contributed by atoms with Crippen molar-refractivity contribution >= 4 is 0 Å². The molecule has 2 aromatic carbocycles. The molecule has 0 saturated carbocycles. The third-order valence-electron chi connectivity index (χ3n) is 4.51. The van der Waals surface area contributed by atoms with Crippen LogP contribution in [0.15, 0.2) is 48.5 Å². The number of ether oxygens (including phenoxy) is 1. The number of alkyl halides is 2. The molecule has 1 fully saturated rings. The van der Waals surface area contributed by atoms with Crippen molar-refractivity contribution in [3.63, 3.8) is 0 Å². The summed E-state index contributed by atoms with van der Waals surface area (Å²) in [5, 5.41) is 8.85. The van der Waals surface area contributed by atoms with Crippen LogP contribution in [0.5, 0.6) is 5.75 Å². The van der Waals surface area contributed by atoms with Crippen LogP contribution in [-0.2, 0) is 13.1 Å². The van der Waals surface area contributed by atoms with E-state index in [1.54, 1.807) is 12.1 Å². The van der Waals surface area contributed by atoms with Gasteiger partial charge < -0.3 is 4.74 Å². The predicted octanol–water partition coefficient (Wildman–Crippen LogP) is 3.48. The fraction of sp³-hybridized carbons (Fsp3) is 0.350. The van der Waals surface area contributed by atoms with Crippen molar-refractivity contribution < 1.29 is 13.5 Å². The third kappa shape index (κ3) is 5.25. The van der Waals surface area contributed by atoms with Crippen LogP contribution in [-0.4, -0.2) is 42.6 Å². The minimum atomic E-state index is -2.79. The summed E-state index contributed by atoms with van der Waals surface area (Å²) in [5.41, 5.74) is 2.99. The van der Waals surface area contributed by atoms with Crippen molar-refractivity contribution in [2.75, 3.05) is 26.2 Å². The molecule has 6 heteroatoms. The van der Waals surface area contributed by atoms with Crippen molar-refractivity contribution in [3.8, 4) is 11.8 Å². The van der Waals surface area contributed by atoms with E-state index < -0.39 is 6.61 Å². The molecule has 0 bridgehead atoms. The highest BCUT2D eigenvalue weighted by molar-refractivity contribution is 5.31. The van der Waals surface area contributed by atoms with E-state index >= 15 is 0 Å². The van der Waals surface area contributed by atoms with Gasteiger partial charge in [-0.1, -0.05) is 24.3 Å². The summed E-state index contributed by atoms with van der Waals surface area (Å²) in [4.78, 5) is 4.76. The first-order valence-corrected chi connectivity index (χ1v) is 8.60. The minimum absolute atomic E-state index is 0.191. The molecule has 0 aromatic heterocycles. The van der Waals surface area contributed by atoms with Gasteiger partial charge in [-0.2, -0.15) is 14.0 Å². The van der Waals surface area contributed by atoms with E-state index in [9.17, 15) is 8.78 Å². The summed E-state index contributed by atoms with van der Waals surface area (Å²) < 4.78 is 28.7. The predicted molar refractivity (Wildman–Crippen MR) is 94.8 cm³/mol. The molecule has 4 nitrogen and oxygen atoms in total. The Morgan fingerprint density at radius 1 is 0.846 bits per heavy atom. The smallest absolute Gasteiger partial charge is 0.387 e. The zero-order valence-corrected chi connectivity index (χ0v) is 14.4. The maximum absolute atomic E-state index is 12.2. The number of benzene rings is 2. The number of rotatable bonds is 6. The Morgan fingerprint density at radius 2 is 1.31 bits per heavy atom. The molecule has 26 heavy (non-hydrogen) atoms. The van der Waals surface area contributed by atoms with Crippen LogP contribution in [0.2, 0.25) is 0 Å². The zero-order valence-electron chi connectivity index (χ0n) is 14.4. The van der Waals surface area contributed by atoms with Crippen molar-refractivity contribution in [1.82, 2.24) is 9.80 Å². The van der Waals surface area contributed by atoms with Gasteiger partial charge in [0, 0.05) is 39.3 Å². The van der Waals surface area contributed by atoms with E-state index in [0.29, 0.717) is 5.56 Å². The lowest BCUT2D eigenvalue weighted by molar-refractivity contribution is -0.0498. The molecule has 0 aliphatic carbocycles. The lowest BCUT2D eigenvalue weighted by Gasteiger charge is -2.34. The summed E-state index contributed by atoms with van der Waals surface area (Å²) in [5.74, 6) is 0.191. The van der Waals surface area contributed by atoms with Gasteiger partial charge in [0.15, 0.2) is 0 Å². The Labute approximate surface area is 152 Å². The molecule has 0 amide bonds. The minimum Gasteiger partial charge on any atom is -0.435 e. The van der Waals surface area contributed by atoms with Gasteiger partial charge in [-0.3, -0.25) is 9.80 Å². The number of halogens is 2. The monoisotopic (exact) mass is 357 g/mol. The molecule has 0 N–H and O–H groups in total. The molecule has 0 atom stereocenters. The summed E-state index contributed by atoms with van der Waals surface area (Å²) in [6.45, 7) is 2.79. The second kappa shape index (κ2) is 8.75. The largest absolute Gasteiger partial charge is 0.435 e. The third-order valence-corrected chi connectivity index (χ3v) is 4.51. The fourth-order valence-electron chi connectivity index (χ4n) is 3.08. The molecule has 0 unspecified atom stereocenters. The standard InChI is InChI=1S/C20H21F2N3O/c21-20(22)26-19-7-5-18(6-8-19)15-25-11-9-24(10-12-25)14-17-3-1-16(13-23)2-4-17/h1-8,20H,9-12,14-15H2. The number of nitriles is 1. The van der Waals surface area contributed by atoms with Crippen LogP contribution >= 0.6 is 0 Å². The van der Waals surface area contributed by atoms with Gasteiger partial charge in [-0.15, -0.1) is 0 Å². The van der Waals surface area contributed by atoms with E-state index in [2.05, 4.69) is 20.6 Å². The molecule has 1 aliphatic heterocycles. The Morgan fingerprint density at radius 3 is 1.73 bits per heavy atom. The molecule has 0 spiro atoms. The van der Waals surface area contributed by atoms with Crippen LogP contribution in [0.1, 0.15) is 16.7 Å². The van der Waals surface area contributed by atoms with E-state index in [1.807, 2.05) is 36.4 Å². The SMILES string of the molecule is N#Cc1ccc(CN2CCN(Cc3ccc(OC(F)F)cc3)CC2)cc1. The summed E-state index contributed by atoms with van der Waals surface area (Å²) in [6.07, 6.45) is 0. The molecule has 136 valence electrons. The second-order valence-electron chi connectivity index (χ2n) is 6.38. The Hall–Kier alpha value is -2.49. The number of hydrogen-bond donors (Lipinski definition) is 0. The van der Waals surface area contributed by atoms with Gasteiger partial charge in [-0.25, -0.2) is 0 Å². The Kier molecular flexibility index (Phi) is 6.16. The highest BCUT2D eigenvalue weighted by Gasteiger charge is 2.17. The van der Waals surface area contributed by atoms with Crippen LogP contribution in [0.4, 0.5) is 8.78 Å². The lowest BCUT2D eigenvalue weighted by Crippen LogP contribution is -2.45. The molecular formula is C20H21F2N3O. The van der Waals surface area contributed by atoms with Crippen molar-refractivity contribution in [2.45, 2.75) is 19.7 Å². The average molecular weight is 357 g/mol. The maximum Gasteiger partial charge on any atom is 0.387 e. The first-order chi connectivity index (χ1) is 12.6. The summed E-state index contributed by atoms with van der Waals surface area (Å²) in [6, 6.07) is 16.7. The van der Waals surface area contributed by atoms with Gasteiger partial charge in [0.1, 0.15) is 5.75 Å². The first-order valence-electron chi connectivity index (χ1n) is 8.60. The quantitative estimate of drug-likeness (QED) is 0.794. The molecular weight excluding hydrogens is 336 g/mol. The summed E-state index contributed by atoms with van der Waals surface area (Å²) >= 11 is 0. The normalized spacial score (nSPS) is 15.8. The summed E-state index contributed by atoms with van der Waals surface area (Å²) in [7, 11) is 0. The lowest BCUT2D eigenvalue weighted by atomic mass is 10.1. The van der Waals surface area contributed by atoms with Gasteiger partial charge >= 0.3 is 6.61 Å². The molecule has 1 aliphatic rings. The van der Waals surface area contributed by atoms with Crippen molar-refractivity contribution in [1.29, 1.82) is 5.26 Å². The molecule has 3 rings (SSSR count). The average Bonchev–Trinajstić information content (AvgIpc) is 2.65. The van der Waals surface area contributed by atoms with Gasteiger partial charge in [0.25, 0.3) is 0 Å². The van der Waals surface area contributed by atoms with Gasteiger partial charge in [-0.05, 0) is 35.4 Å². The maximum atomic E-state index is 12.2. The van der Waals surface area contributed by atoms with Crippen LogP contribution < -0.4 is 4.74 Å². The van der Waals surface area contributed by atoms with Crippen LogP contribution in [0.3, 0.4) is 0 Å². The first kappa shape index (κ1) is 18.3. The van der Waals surface area contributed by atoms with E-state index in [4.69, 9.17) is 5.26 Å². The van der Waals surface area contributed by atoms with E-state index in [1.165, 1.54) is 5.56 Å². The van der Waals surface area contributed by atoms with Crippen LogP contribution in [0, 0.1) is 11.3 Å². The number of nitrogens with zero attached hydrogens (tertiary/aromatic N) is 3. The highest BCUT2D eigenvalue weighted by Crippen LogP contribution is 2.17. The number of hydrogen-bond acceptors (Lipinski definition) is 4. The zero-order chi connectivity index (χ0) is 18.4. The fourth-order valence-corrected chi connectivity index (χ4v) is 3.08. The number of piperazine rings is 1. The molecule has 0 radical (unpaired) electrons. The van der Waals surface area contributed by atoms with E-state index in [-0.39, 0.29) is 5.75 Å². The Balaban J connectivity index is 1.45. The van der Waals surface area contributed by atoms with Gasteiger partial charge in [0.05, 0.1) is 11.6 Å². The second-order valence-corrected chi connectivity index (χ2v) is 6.38. The van der Waals surface area contributed by atoms with E-state index in [0.717, 1.165) is 44.8 Å².